The topological polar surface area (TPSA) is 128 Å². The molecular formula is C37H45N5O5S. The second-order valence-corrected chi connectivity index (χ2v) is 13.2. The highest BCUT2D eigenvalue weighted by molar-refractivity contribution is 7.99. The lowest BCUT2D eigenvalue weighted by Crippen LogP contribution is -2.38. The fourth-order valence-corrected chi connectivity index (χ4v) is 6.76. The fraction of sp³-hybridized carbons (Fsp3) is 0.405. The van der Waals surface area contributed by atoms with Crippen molar-refractivity contribution in [3.8, 4) is 11.1 Å². The summed E-state index contributed by atoms with van der Waals surface area (Å²) >= 11 is 1.62. The van der Waals surface area contributed by atoms with E-state index in [2.05, 4.69) is 64.2 Å². The van der Waals surface area contributed by atoms with Crippen molar-refractivity contribution in [2.75, 3.05) is 12.3 Å². The van der Waals surface area contributed by atoms with Gasteiger partial charge in [-0.05, 0) is 46.7 Å². The SMILES string of the molecule is CC(=O)NCCCCCC(=O)NCc1cccc(-c2ccc(C3OC(CSc4nncn4C)C(C)C(c4ccc(CO)cc4)O3)cc2)c1. The van der Waals surface area contributed by atoms with Crippen molar-refractivity contribution in [1.82, 2.24) is 25.4 Å². The Labute approximate surface area is 286 Å². The number of hydrogen-bond donors (Lipinski definition) is 3. The number of rotatable bonds is 15. The predicted octanol–water partition coefficient (Wildman–Crippen LogP) is 5.87. The molecule has 0 saturated carbocycles. The van der Waals surface area contributed by atoms with E-state index in [9.17, 15) is 14.7 Å². The maximum absolute atomic E-state index is 12.4. The highest BCUT2D eigenvalue weighted by Gasteiger charge is 2.38. The number of aliphatic hydroxyl groups excluding tert-OH is 1. The summed E-state index contributed by atoms with van der Waals surface area (Å²) in [5, 5.41) is 24.4. The van der Waals surface area contributed by atoms with Gasteiger partial charge in [-0.2, -0.15) is 0 Å². The number of aromatic nitrogens is 3. The number of amides is 2. The summed E-state index contributed by atoms with van der Waals surface area (Å²) in [6.07, 6.45) is 3.86. The Kier molecular flexibility index (Phi) is 12.8. The van der Waals surface area contributed by atoms with Crippen LogP contribution in [0.25, 0.3) is 11.1 Å². The zero-order valence-electron chi connectivity index (χ0n) is 27.8. The molecular weight excluding hydrogens is 627 g/mol. The summed E-state index contributed by atoms with van der Waals surface area (Å²) in [5.74, 6) is 0.767. The molecule has 0 radical (unpaired) electrons. The number of aliphatic hydroxyl groups is 1. The van der Waals surface area contributed by atoms with E-state index in [0.717, 1.165) is 57.8 Å². The average Bonchev–Trinajstić information content (AvgIpc) is 3.52. The number of nitrogens with zero attached hydrogens (tertiary/aromatic N) is 3. The second kappa shape index (κ2) is 17.4. The molecule has 5 rings (SSSR count). The lowest BCUT2D eigenvalue weighted by Gasteiger charge is -2.41. The number of thioether (sulfide) groups is 1. The van der Waals surface area contributed by atoms with Crippen molar-refractivity contribution in [1.29, 1.82) is 0 Å². The quantitative estimate of drug-likeness (QED) is 0.106. The third-order valence-corrected chi connectivity index (χ3v) is 9.68. The van der Waals surface area contributed by atoms with E-state index >= 15 is 0 Å². The molecule has 2 heterocycles. The van der Waals surface area contributed by atoms with Crippen LogP contribution in [0, 0.1) is 5.92 Å². The highest BCUT2D eigenvalue weighted by atomic mass is 32.2. The highest BCUT2D eigenvalue weighted by Crippen LogP contribution is 2.43. The van der Waals surface area contributed by atoms with E-state index in [1.165, 1.54) is 6.92 Å². The fourth-order valence-electron chi connectivity index (χ4n) is 5.70. The van der Waals surface area contributed by atoms with E-state index in [-0.39, 0.29) is 36.5 Å². The van der Waals surface area contributed by atoms with Gasteiger partial charge in [0.25, 0.3) is 0 Å². The summed E-state index contributed by atoms with van der Waals surface area (Å²) in [4.78, 5) is 23.3. The van der Waals surface area contributed by atoms with Crippen LogP contribution in [0.5, 0.6) is 0 Å². The molecule has 0 bridgehead atoms. The van der Waals surface area contributed by atoms with Crippen LogP contribution in [0.2, 0.25) is 0 Å². The number of benzene rings is 3. The molecule has 1 aliphatic heterocycles. The largest absolute Gasteiger partial charge is 0.392 e. The van der Waals surface area contributed by atoms with Crippen LogP contribution >= 0.6 is 11.8 Å². The van der Waals surface area contributed by atoms with Gasteiger partial charge < -0.3 is 29.8 Å². The third kappa shape index (κ3) is 9.76. The number of ether oxygens (including phenoxy) is 2. The third-order valence-electron chi connectivity index (χ3n) is 8.56. The van der Waals surface area contributed by atoms with Crippen molar-refractivity contribution in [3.05, 3.63) is 101 Å². The smallest absolute Gasteiger partial charge is 0.220 e. The molecule has 4 unspecified atom stereocenters. The zero-order valence-corrected chi connectivity index (χ0v) is 28.6. The Bertz CT molecular complexity index is 1630. The first-order chi connectivity index (χ1) is 23.3. The van der Waals surface area contributed by atoms with E-state index in [1.807, 2.05) is 48.0 Å². The van der Waals surface area contributed by atoms with E-state index in [0.29, 0.717) is 25.3 Å². The van der Waals surface area contributed by atoms with Crippen LogP contribution in [0.3, 0.4) is 0 Å². The molecule has 2 amide bonds. The summed E-state index contributed by atoms with van der Waals surface area (Å²) in [7, 11) is 1.93. The second-order valence-electron chi connectivity index (χ2n) is 12.3. The Hall–Kier alpha value is -4.03. The van der Waals surface area contributed by atoms with E-state index in [1.54, 1.807) is 18.1 Å². The first kappa shape index (κ1) is 35.3. The number of nitrogens with one attached hydrogen (secondary N) is 2. The van der Waals surface area contributed by atoms with Crippen LogP contribution < -0.4 is 10.6 Å². The van der Waals surface area contributed by atoms with Gasteiger partial charge >= 0.3 is 0 Å². The lowest BCUT2D eigenvalue weighted by molar-refractivity contribution is -0.268. The minimum absolute atomic E-state index is 0.00299. The van der Waals surface area contributed by atoms with Gasteiger partial charge in [-0.25, -0.2) is 0 Å². The molecule has 254 valence electrons. The first-order valence-corrected chi connectivity index (χ1v) is 17.5. The molecule has 48 heavy (non-hydrogen) atoms. The Morgan fingerprint density at radius 1 is 0.917 bits per heavy atom. The summed E-state index contributed by atoms with van der Waals surface area (Å²) in [5.41, 5.74) is 5.98. The monoisotopic (exact) mass is 671 g/mol. The van der Waals surface area contributed by atoms with Gasteiger partial charge in [0.1, 0.15) is 6.33 Å². The minimum Gasteiger partial charge on any atom is -0.392 e. The number of carbonyl (C=O) groups excluding carboxylic acids is 2. The van der Waals surface area contributed by atoms with Crippen molar-refractivity contribution in [3.63, 3.8) is 0 Å². The molecule has 1 aliphatic rings. The molecule has 3 aromatic carbocycles. The number of carbonyl (C=O) groups is 2. The normalized spacial score (nSPS) is 19.2. The van der Waals surface area contributed by atoms with Crippen LogP contribution in [0.4, 0.5) is 0 Å². The Morgan fingerprint density at radius 2 is 1.69 bits per heavy atom. The Morgan fingerprint density at radius 3 is 2.40 bits per heavy atom. The summed E-state index contributed by atoms with van der Waals surface area (Å²) in [6, 6.07) is 24.4. The number of unbranched alkanes of at least 4 members (excludes halogenated alkanes) is 2. The zero-order chi connectivity index (χ0) is 33.9. The maximum Gasteiger partial charge on any atom is 0.220 e. The summed E-state index contributed by atoms with van der Waals surface area (Å²) in [6.45, 7) is 4.77. The lowest BCUT2D eigenvalue weighted by atomic mass is 9.91. The molecule has 4 atom stereocenters. The van der Waals surface area contributed by atoms with E-state index in [4.69, 9.17) is 9.47 Å². The number of aryl methyl sites for hydroxylation is 1. The van der Waals surface area contributed by atoms with E-state index < -0.39 is 6.29 Å². The van der Waals surface area contributed by atoms with Gasteiger partial charge in [0.05, 0.1) is 18.8 Å². The van der Waals surface area contributed by atoms with Crippen LogP contribution in [-0.2, 0) is 39.3 Å². The standard InChI is InChI=1S/C37H45N5O5S/c1-25-33(23-48-37-41-40-24-42(37)3)46-36(47-35(25)30-13-11-27(22-43)12-14-30)31-17-15-29(16-18-31)32-9-7-8-28(20-32)21-39-34(45)10-5-4-6-19-38-26(2)44/h7-9,11-18,20,24-25,33,35-36,43H,4-6,10,19,21-23H2,1-3H3,(H,38,44)(H,39,45). The van der Waals surface area contributed by atoms with Crippen LogP contribution in [-0.4, -0.2) is 50.1 Å². The molecule has 4 aromatic rings. The van der Waals surface area contributed by atoms with Crippen LogP contribution in [0.1, 0.15) is 74.2 Å². The van der Waals surface area contributed by atoms with Crippen molar-refractivity contribution in [2.45, 2.75) is 76.3 Å². The minimum atomic E-state index is -0.560. The van der Waals surface area contributed by atoms with Gasteiger partial charge in [0.15, 0.2) is 11.4 Å². The molecule has 0 spiro atoms. The van der Waals surface area contributed by atoms with Crippen molar-refractivity contribution < 1.29 is 24.2 Å². The van der Waals surface area contributed by atoms with Gasteiger partial charge in [-0.1, -0.05) is 91.8 Å². The molecule has 11 heteroatoms. The van der Waals surface area contributed by atoms with Crippen molar-refractivity contribution >= 4 is 23.6 Å². The molecule has 0 aliphatic carbocycles. The van der Waals surface area contributed by atoms with Gasteiger partial charge in [0, 0.05) is 50.7 Å². The average molecular weight is 672 g/mol. The molecule has 1 fully saturated rings. The molecule has 1 aromatic heterocycles. The molecule has 1 saturated heterocycles. The predicted molar refractivity (Wildman–Crippen MR) is 186 cm³/mol. The Balaban J connectivity index is 1.22. The number of hydrogen-bond acceptors (Lipinski definition) is 8. The van der Waals surface area contributed by atoms with Gasteiger partial charge in [-0.15, -0.1) is 10.2 Å². The van der Waals surface area contributed by atoms with Gasteiger partial charge in [0.2, 0.25) is 11.8 Å². The molecule has 10 nitrogen and oxygen atoms in total. The van der Waals surface area contributed by atoms with Crippen molar-refractivity contribution in [2.24, 2.45) is 13.0 Å². The first-order valence-electron chi connectivity index (χ1n) is 16.5. The van der Waals surface area contributed by atoms with Gasteiger partial charge in [-0.3, -0.25) is 9.59 Å². The maximum atomic E-state index is 12.4. The summed E-state index contributed by atoms with van der Waals surface area (Å²) < 4.78 is 15.1. The molecule has 3 N–H and O–H groups in total. The van der Waals surface area contributed by atoms with Crippen LogP contribution in [0.15, 0.2) is 84.3 Å².